The first-order valence-corrected chi connectivity index (χ1v) is 5.72. The molecule has 4 nitrogen and oxygen atoms in total. The maximum absolute atomic E-state index is 11.7. The van der Waals surface area contributed by atoms with Gasteiger partial charge in [0.2, 0.25) is 17.5 Å². The van der Waals surface area contributed by atoms with E-state index in [0.717, 1.165) is 6.42 Å². The predicted molar refractivity (Wildman–Crippen MR) is 62.0 cm³/mol. The molecule has 1 amide bonds. The molecule has 0 unspecified atom stereocenters. The Kier molecular flexibility index (Phi) is 6.61. The normalized spacial score (nSPS) is 12.3. The second kappa shape index (κ2) is 7.14. The monoisotopic (exact) mass is 227 g/mol. The summed E-state index contributed by atoms with van der Waals surface area (Å²) in [7, 11) is 0. The molecular weight excluding hydrogens is 206 g/mol. The standard InChI is InChI=1S/C12H21NO3/c1-5-6-10(13-9(4)14)12(16)11(15)7-8(2)3/h8,10H,5-7H2,1-4H3,(H,13,14)/t10-/m0/s1. The van der Waals surface area contributed by atoms with Gasteiger partial charge in [-0.25, -0.2) is 0 Å². The second-order valence-electron chi connectivity index (χ2n) is 4.43. The van der Waals surface area contributed by atoms with Crippen LogP contribution in [0.3, 0.4) is 0 Å². The fourth-order valence-corrected chi connectivity index (χ4v) is 1.47. The van der Waals surface area contributed by atoms with Crippen molar-refractivity contribution in [3.63, 3.8) is 0 Å². The van der Waals surface area contributed by atoms with Crippen molar-refractivity contribution in [1.29, 1.82) is 0 Å². The smallest absolute Gasteiger partial charge is 0.220 e. The first-order chi connectivity index (χ1) is 7.38. The third-order valence-corrected chi connectivity index (χ3v) is 2.14. The van der Waals surface area contributed by atoms with Gasteiger partial charge in [-0.3, -0.25) is 14.4 Å². The first kappa shape index (κ1) is 14.8. The van der Waals surface area contributed by atoms with Gasteiger partial charge in [0.25, 0.3) is 0 Å². The average Bonchev–Trinajstić information content (AvgIpc) is 2.14. The van der Waals surface area contributed by atoms with Gasteiger partial charge in [0.05, 0.1) is 6.04 Å². The highest BCUT2D eigenvalue weighted by atomic mass is 16.2. The van der Waals surface area contributed by atoms with Crippen LogP contribution in [0, 0.1) is 5.92 Å². The van der Waals surface area contributed by atoms with E-state index in [2.05, 4.69) is 5.32 Å². The second-order valence-corrected chi connectivity index (χ2v) is 4.43. The van der Waals surface area contributed by atoms with Crippen LogP contribution in [-0.2, 0) is 14.4 Å². The number of ketones is 2. The van der Waals surface area contributed by atoms with Crippen LogP contribution < -0.4 is 5.32 Å². The fourth-order valence-electron chi connectivity index (χ4n) is 1.47. The van der Waals surface area contributed by atoms with Crippen LogP contribution in [0.5, 0.6) is 0 Å². The van der Waals surface area contributed by atoms with Crippen LogP contribution >= 0.6 is 0 Å². The topological polar surface area (TPSA) is 63.2 Å². The van der Waals surface area contributed by atoms with E-state index in [0.29, 0.717) is 6.42 Å². The SMILES string of the molecule is CCC[C@H](NC(C)=O)C(=O)C(=O)CC(C)C. The lowest BCUT2D eigenvalue weighted by atomic mass is 9.98. The molecule has 0 aliphatic rings. The molecule has 0 radical (unpaired) electrons. The molecule has 4 heteroatoms. The zero-order valence-corrected chi connectivity index (χ0v) is 10.5. The molecule has 0 saturated carbocycles. The van der Waals surface area contributed by atoms with Gasteiger partial charge in [-0.15, -0.1) is 0 Å². The molecule has 0 aliphatic heterocycles. The lowest BCUT2D eigenvalue weighted by molar-refractivity contribution is -0.139. The quantitative estimate of drug-likeness (QED) is 0.670. The van der Waals surface area contributed by atoms with Crippen molar-refractivity contribution in [3.8, 4) is 0 Å². The molecule has 1 N–H and O–H groups in total. The molecule has 0 heterocycles. The van der Waals surface area contributed by atoms with Crippen LogP contribution in [0.1, 0.15) is 47.0 Å². The summed E-state index contributed by atoms with van der Waals surface area (Å²) in [5.41, 5.74) is 0. The Hall–Kier alpha value is -1.19. The third-order valence-electron chi connectivity index (χ3n) is 2.14. The Balaban J connectivity index is 4.47. The lowest BCUT2D eigenvalue weighted by Crippen LogP contribution is -2.43. The van der Waals surface area contributed by atoms with Crippen LogP contribution in [0.4, 0.5) is 0 Å². The van der Waals surface area contributed by atoms with Gasteiger partial charge in [-0.2, -0.15) is 0 Å². The summed E-state index contributed by atoms with van der Waals surface area (Å²) in [6, 6.07) is -0.645. The van der Waals surface area contributed by atoms with E-state index in [9.17, 15) is 14.4 Å². The van der Waals surface area contributed by atoms with Crippen molar-refractivity contribution in [3.05, 3.63) is 0 Å². The molecule has 0 spiro atoms. The molecule has 0 aliphatic carbocycles. The third kappa shape index (κ3) is 5.63. The van der Waals surface area contributed by atoms with E-state index in [1.54, 1.807) is 0 Å². The maximum atomic E-state index is 11.7. The van der Waals surface area contributed by atoms with Gasteiger partial charge in [0, 0.05) is 13.3 Å². The van der Waals surface area contributed by atoms with Crippen molar-refractivity contribution >= 4 is 17.5 Å². The highest BCUT2D eigenvalue weighted by molar-refractivity contribution is 6.39. The van der Waals surface area contributed by atoms with Gasteiger partial charge in [0.15, 0.2) is 0 Å². The van der Waals surface area contributed by atoms with Crippen molar-refractivity contribution in [2.75, 3.05) is 0 Å². The predicted octanol–water partition coefficient (Wildman–Crippen LogP) is 1.48. The molecule has 92 valence electrons. The number of nitrogens with one attached hydrogen (secondary N) is 1. The number of rotatable bonds is 7. The van der Waals surface area contributed by atoms with Crippen molar-refractivity contribution in [1.82, 2.24) is 5.32 Å². The van der Waals surface area contributed by atoms with Gasteiger partial charge >= 0.3 is 0 Å². The highest BCUT2D eigenvalue weighted by Crippen LogP contribution is 2.06. The Morgan fingerprint density at radius 2 is 1.75 bits per heavy atom. The number of hydrogen-bond donors (Lipinski definition) is 1. The average molecular weight is 227 g/mol. The largest absolute Gasteiger partial charge is 0.346 e. The fraction of sp³-hybridized carbons (Fsp3) is 0.750. The zero-order valence-electron chi connectivity index (χ0n) is 10.5. The minimum atomic E-state index is -0.645. The number of carbonyl (C=O) groups is 3. The van der Waals surface area contributed by atoms with E-state index in [1.165, 1.54) is 6.92 Å². The van der Waals surface area contributed by atoms with Crippen molar-refractivity contribution in [2.24, 2.45) is 5.92 Å². The van der Waals surface area contributed by atoms with Crippen LogP contribution in [0.25, 0.3) is 0 Å². The van der Waals surface area contributed by atoms with Gasteiger partial charge < -0.3 is 5.32 Å². The zero-order chi connectivity index (χ0) is 12.7. The van der Waals surface area contributed by atoms with Crippen molar-refractivity contribution < 1.29 is 14.4 Å². The maximum Gasteiger partial charge on any atom is 0.220 e. The van der Waals surface area contributed by atoms with Crippen LogP contribution in [0.2, 0.25) is 0 Å². The molecule has 0 aromatic carbocycles. The summed E-state index contributed by atoms with van der Waals surface area (Å²) in [5.74, 6) is -0.965. The molecular formula is C12H21NO3. The molecule has 0 aromatic heterocycles. The van der Waals surface area contributed by atoms with Gasteiger partial charge in [0.1, 0.15) is 0 Å². The summed E-state index contributed by atoms with van der Waals surface area (Å²) in [5, 5.41) is 2.53. The van der Waals surface area contributed by atoms with E-state index in [1.807, 2.05) is 20.8 Å². The molecule has 0 fully saturated rings. The minimum absolute atomic E-state index is 0.163. The first-order valence-electron chi connectivity index (χ1n) is 5.72. The van der Waals surface area contributed by atoms with E-state index >= 15 is 0 Å². The lowest BCUT2D eigenvalue weighted by Gasteiger charge is -2.15. The Labute approximate surface area is 96.8 Å². The summed E-state index contributed by atoms with van der Waals surface area (Å²) in [6.07, 6.45) is 1.52. The molecule has 16 heavy (non-hydrogen) atoms. The molecule has 0 rings (SSSR count). The molecule has 0 saturated heterocycles. The van der Waals surface area contributed by atoms with E-state index < -0.39 is 11.8 Å². The van der Waals surface area contributed by atoms with Gasteiger partial charge in [-0.1, -0.05) is 27.2 Å². The Morgan fingerprint density at radius 1 is 1.19 bits per heavy atom. The molecule has 1 atom stereocenters. The van der Waals surface area contributed by atoms with E-state index in [-0.39, 0.29) is 24.0 Å². The van der Waals surface area contributed by atoms with Crippen LogP contribution in [0.15, 0.2) is 0 Å². The summed E-state index contributed by atoms with van der Waals surface area (Å²) >= 11 is 0. The van der Waals surface area contributed by atoms with Crippen molar-refractivity contribution in [2.45, 2.75) is 53.0 Å². The van der Waals surface area contributed by atoms with Gasteiger partial charge in [-0.05, 0) is 12.3 Å². The Morgan fingerprint density at radius 3 is 2.12 bits per heavy atom. The number of Topliss-reactive ketones (excluding diaryl/α,β-unsaturated/α-hetero) is 2. The number of hydrogen-bond acceptors (Lipinski definition) is 3. The number of amides is 1. The van der Waals surface area contributed by atoms with Crippen LogP contribution in [-0.4, -0.2) is 23.5 Å². The summed E-state index contributed by atoms with van der Waals surface area (Å²) in [4.78, 5) is 34.2. The summed E-state index contributed by atoms with van der Waals surface area (Å²) in [6.45, 7) is 7.04. The molecule has 0 aromatic rings. The minimum Gasteiger partial charge on any atom is -0.346 e. The summed E-state index contributed by atoms with van der Waals surface area (Å²) < 4.78 is 0. The molecule has 0 bridgehead atoms. The highest BCUT2D eigenvalue weighted by Gasteiger charge is 2.25. The number of carbonyl (C=O) groups excluding carboxylic acids is 3. The van der Waals surface area contributed by atoms with E-state index in [4.69, 9.17) is 0 Å². The Bertz CT molecular complexity index is 271.